The monoisotopic (exact) mass is 257 g/mol. The Balaban J connectivity index is 2.01. The summed E-state index contributed by atoms with van der Waals surface area (Å²) in [5.74, 6) is 1.15. The van der Waals surface area contributed by atoms with Crippen LogP contribution >= 0.6 is 0 Å². The van der Waals surface area contributed by atoms with E-state index in [9.17, 15) is 0 Å². The zero-order valence-electron chi connectivity index (χ0n) is 11.5. The zero-order valence-corrected chi connectivity index (χ0v) is 11.5. The molecule has 0 aliphatic carbocycles. The number of nitrogens with zero attached hydrogens (tertiary/aromatic N) is 1. The number of hydrogen-bond acceptors (Lipinski definition) is 3. The molecular weight excluding hydrogens is 238 g/mol. The maximum Gasteiger partial charge on any atom is 0.134 e. The van der Waals surface area contributed by atoms with Gasteiger partial charge in [0.1, 0.15) is 16.9 Å². The average molecular weight is 257 g/mol. The summed E-state index contributed by atoms with van der Waals surface area (Å²) in [5, 5.41) is 1.28. The minimum absolute atomic E-state index is 0.0629. The molecule has 1 aromatic carbocycles. The van der Waals surface area contributed by atoms with Crippen LogP contribution in [0.2, 0.25) is 0 Å². The topological polar surface area (TPSA) is 25.6 Å². The third-order valence-corrected chi connectivity index (χ3v) is 4.99. The average Bonchev–Trinajstić information content (AvgIpc) is 2.97. The molecule has 0 radical (unpaired) electrons. The number of para-hydroxylation sites is 1. The van der Waals surface area contributed by atoms with E-state index in [0.29, 0.717) is 0 Å². The molecule has 3 heterocycles. The largest absolute Gasteiger partial charge is 0.459 e. The fraction of sp³-hybridized carbons (Fsp3) is 0.500. The van der Waals surface area contributed by atoms with Crippen molar-refractivity contribution in [2.75, 3.05) is 20.2 Å². The Morgan fingerprint density at radius 1 is 1.32 bits per heavy atom. The number of ether oxygens (including phenoxy) is 1. The van der Waals surface area contributed by atoms with Gasteiger partial charge in [-0.15, -0.1) is 0 Å². The minimum Gasteiger partial charge on any atom is -0.459 e. The molecule has 2 aromatic rings. The molecule has 2 unspecified atom stereocenters. The zero-order chi connectivity index (χ0) is 13.0. The molecule has 4 rings (SSSR count). The van der Waals surface area contributed by atoms with Crippen LogP contribution in [0.1, 0.15) is 24.7 Å². The van der Waals surface area contributed by atoms with Gasteiger partial charge in [-0.3, -0.25) is 4.90 Å². The molecule has 19 heavy (non-hydrogen) atoms. The van der Waals surface area contributed by atoms with Crippen molar-refractivity contribution in [3.8, 4) is 0 Å². The summed E-state index contributed by atoms with van der Waals surface area (Å²) in [5.41, 5.74) is 2.35. The molecule has 1 spiro atoms. The van der Waals surface area contributed by atoms with Gasteiger partial charge in [-0.25, -0.2) is 0 Å². The number of rotatable bonds is 0. The highest BCUT2D eigenvalue weighted by atomic mass is 16.5. The van der Waals surface area contributed by atoms with E-state index in [0.717, 1.165) is 37.3 Å². The number of furan rings is 1. The first kappa shape index (κ1) is 11.5. The van der Waals surface area contributed by atoms with E-state index in [1.165, 1.54) is 10.9 Å². The summed E-state index contributed by atoms with van der Waals surface area (Å²) in [4.78, 5) is 2.43. The van der Waals surface area contributed by atoms with Gasteiger partial charge in [0, 0.05) is 24.1 Å². The first-order chi connectivity index (χ1) is 9.23. The van der Waals surface area contributed by atoms with Crippen LogP contribution in [-0.4, -0.2) is 31.2 Å². The van der Waals surface area contributed by atoms with Crippen LogP contribution in [0.4, 0.5) is 0 Å². The van der Waals surface area contributed by atoms with Gasteiger partial charge in [-0.1, -0.05) is 18.2 Å². The second kappa shape index (κ2) is 3.84. The van der Waals surface area contributed by atoms with Gasteiger partial charge >= 0.3 is 0 Å². The van der Waals surface area contributed by atoms with Gasteiger partial charge in [0.25, 0.3) is 0 Å². The lowest BCUT2D eigenvalue weighted by molar-refractivity contribution is 0.00146. The van der Waals surface area contributed by atoms with Crippen LogP contribution < -0.4 is 0 Å². The number of benzene rings is 1. The summed E-state index contributed by atoms with van der Waals surface area (Å²) in [6, 6.07) is 8.39. The van der Waals surface area contributed by atoms with Crippen molar-refractivity contribution >= 4 is 11.0 Å². The van der Waals surface area contributed by atoms with Gasteiger partial charge in [0.05, 0.1) is 6.10 Å². The Bertz CT molecular complexity index is 633. The number of fused-ring (bicyclic) bond motifs is 4. The summed E-state index contributed by atoms with van der Waals surface area (Å²) in [6.07, 6.45) is 2.28. The van der Waals surface area contributed by atoms with Crippen LogP contribution in [0.15, 0.2) is 28.7 Å². The lowest BCUT2D eigenvalue weighted by Crippen LogP contribution is -2.52. The van der Waals surface area contributed by atoms with E-state index in [2.05, 4.69) is 37.1 Å². The van der Waals surface area contributed by atoms with Crippen LogP contribution in [-0.2, 0) is 16.7 Å². The van der Waals surface area contributed by atoms with Crippen LogP contribution in [0.3, 0.4) is 0 Å². The quantitative estimate of drug-likeness (QED) is 0.725. The first-order valence-electron chi connectivity index (χ1n) is 7.07. The molecular formula is C16H19NO2. The second-order valence-corrected chi connectivity index (χ2v) is 5.76. The predicted molar refractivity (Wildman–Crippen MR) is 74.3 cm³/mol. The fourth-order valence-electron chi connectivity index (χ4n) is 3.88. The number of hydrogen-bond donors (Lipinski definition) is 0. The molecule has 3 nitrogen and oxygen atoms in total. The second-order valence-electron chi connectivity index (χ2n) is 5.76. The van der Waals surface area contributed by atoms with Crippen LogP contribution in [0.5, 0.6) is 0 Å². The molecule has 0 bridgehead atoms. The molecule has 2 aliphatic rings. The predicted octanol–water partition coefficient (Wildman–Crippen LogP) is 2.92. The minimum atomic E-state index is -0.0629. The Morgan fingerprint density at radius 2 is 2.16 bits per heavy atom. The van der Waals surface area contributed by atoms with Gasteiger partial charge in [-0.2, -0.15) is 0 Å². The van der Waals surface area contributed by atoms with E-state index < -0.39 is 0 Å². The molecule has 100 valence electrons. The number of likely N-dealkylation sites (N-methyl/N-ethyl adjacent to an activating group) is 1. The van der Waals surface area contributed by atoms with Crippen molar-refractivity contribution in [3.63, 3.8) is 0 Å². The first-order valence-corrected chi connectivity index (χ1v) is 7.07. The van der Waals surface area contributed by atoms with Crippen molar-refractivity contribution in [3.05, 3.63) is 35.6 Å². The molecule has 3 heteroatoms. The fourth-order valence-corrected chi connectivity index (χ4v) is 3.88. The third kappa shape index (κ3) is 1.35. The maximum atomic E-state index is 6.25. The smallest absolute Gasteiger partial charge is 0.134 e. The Kier molecular flexibility index (Phi) is 2.32. The van der Waals surface area contributed by atoms with E-state index in [1.54, 1.807) is 0 Å². The summed E-state index contributed by atoms with van der Waals surface area (Å²) >= 11 is 0. The molecule has 1 fully saturated rings. The molecule has 1 aromatic heterocycles. The summed E-state index contributed by atoms with van der Waals surface area (Å²) in [7, 11) is 2.20. The molecule has 0 amide bonds. The Hall–Kier alpha value is -1.32. The van der Waals surface area contributed by atoms with Crippen molar-refractivity contribution in [1.29, 1.82) is 0 Å². The van der Waals surface area contributed by atoms with Crippen molar-refractivity contribution in [2.45, 2.75) is 31.4 Å². The van der Waals surface area contributed by atoms with Gasteiger partial charge < -0.3 is 9.15 Å². The van der Waals surface area contributed by atoms with Gasteiger partial charge in [0.2, 0.25) is 0 Å². The van der Waals surface area contributed by atoms with Crippen molar-refractivity contribution in [1.82, 2.24) is 4.90 Å². The normalized spacial score (nSPS) is 31.2. The molecule has 0 saturated carbocycles. The molecule has 1 saturated heterocycles. The molecule has 2 aliphatic heterocycles. The lowest BCUT2D eigenvalue weighted by Gasteiger charge is -2.43. The highest BCUT2D eigenvalue weighted by Gasteiger charge is 2.52. The van der Waals surface area contributed by atoms with Crippen molar-refractivity contribution < 1.29 is 9.15 Å². The Labute approximate surface area is 113 Å². The molecule has 0 N–H and O–H groups in total. The van der Waals surface area contributed by atoms with Gasteiger partial charge in [0.15, 0.2) is 0 Å². The third-order valence-electron chi connectivity index (χ3n) is 4.99. The van der Waals surface area contributed by atoms with E-state index in [-0.39, 0.29) is 11.6 Å². The highest BCUT2D eigenvalue weighted by Crippen LogP contribution is 2.47. The van der Waals surface area contributed by atoms with Crippen LogP contribution in [0.25, 0.3) is 11.0 Å². The van der Waals surface area contributed by atoms with E-state index in [1.807, 2.05) is 6.07 Å². The highest BCUT2D eigenvalue weighted by molar-refractivity contribution is 5.83. The van der Waals surface area contributed by atoms with Crippen LogP contribution in [0, 0.1) is 0 Å². The summed E-state index contributed by atoms with van der Waals surface area (Å²) in [6.45, 7) is 4.07. The standard InChI is InChI=1S/C16H19NO2/c1-11-16(8-10-18-11)15-13(7-9-17(16)2)12-5-3-4-6-14(12)19-15/h3-6,11H,7-10H2,1-2H3. The SMILES string of the molecule is CC1OCCC12c1oc3ccccc3c1CCN2C. The summed E-state index contributed by atoms with van der Waals surface area (Å²) < 4.78 is 12.1. The lowest BCUT2D eigenvalue weighted by atomic mass is 9.81. The van der Waals surface area contributed by atoms with Crippen molar-refractivity contribution in [2.24, 2.45) is 0 Å². The molecule has 2 atom stereocenters. The van der Waals surface area contributed by atoms with E-state index >= 15 is 0 Å². The van der Waals surface area contributed by atoms with E-state index in [4.69, 9.17) is 9.15 Å². The van der Waals surface area contributed by atoms with Gasteiger partial charge in [-0.05, 0) is 32.9 Å². The Morgan fingerprint density at radius 3 is 2.95 bits per heavy atom. The maximum absolute atomic E-state index is 6.25.